The molecule has 1 aliphatic rings. The highest BCUT2D eigenvalue weighted by Gasteiger charge is 2.27. The van der Waals surface area contributed by atoms with Crippen molar-refractivity contribution in [2.24, 2.45) is 5.92 Å². The van der Waals surface area contributed by atoms with Gasteiger partial charge in [-0.3, -0.25) is 0 Å². The third-order valence-electron chi connectivity index (χ3n) is 2.22. The Bertz CT molecular complexity index is 154. The summed E-state index contributed by atoms with van der Waals surface area (Å²) in [6, 6.07) is 0. The summed E-state index contributed by atoms with van der Waals surface area (Å²) in [4.78, 5) is 10.9. The third-order valence-corrected chi connectivity index (χ3v) is 2.22. The summed E-state index contributed by atoms with van der Waals surface area (Å²) < 4.78 is 4.45. The van der Waals surface area contributed by atoms with Gasteiger partial charge in [-0.2, -0.15) is 0 Å². The Kier molecular flexibility index (Phi) is 3.49. The van der Waals surface area contributed by atoms with Crippen molar-refractivity contribution in [3.8, 4) is 0 Å². The number of hydrogen-bond donors (Lipinski definition) is 2. The summed E-state index contributed by atoms with van der Waals surface area (Å²) in [6.07, 6.45) is 0.949. The lowest BCUT2D eigenvalue weighted by molar-refractivity contribution is -0.153. The van der Waals surface area contributed by atoms with Crippen molar-refractivity contribution >= 4 is 5.97 Å². The molecule has 0 aromatic heterocycles. The van der Waals surface area contributed by atoms with E-state index in [0.29, 0.717) is 6.54 Å². The van der Waals surface area contributed by atoms with Gasteiger partial charge < -0.3 is 15.2 Å². The zero-order valence-electron chi connectivity index (χ0n) is 7.25. The Morgan fingerprint density at radius 2 is 2.50 bits per heavy atom. The van der Waals surface area contributed by atoms with Crippen LogP contribution in [0.4, 0.5) is 0 Å². The Morgan fingerprint density at radius 3 is 3.00 bits per heavy atom. The summed E-state index contributed by atoms with van der Waals surface area (Å²) >= 11 is 0. The van der Waals surface area contributed by atoms with Gasteiger partial charge in [0.2, 0.25) is 0 Å². The molecule has 2 N–H and O–H groups in total. The number of carbonyl (C=O) groups excluding carboxylic acids is 1. The Balaban J connectivity index is 2.39. The van der Waals surface area contributed by atoms with Crippen LogP contribution in [0.1, 0.15) is 12.8 Å². The van der Waals surface area contributed by atoms with Crippen LogP contribution in [0.2, 0.25) is 0 Å². The van der Waals surface area contributed by atoms with Crippen molar-refractivity contribution in [2.45, 2.75) is 18.9 Å². The molecule has 70 valence electrons. The van der Waals surface area contributed by atoms with Gasteiger partial charge in [0.15, 0.2) is 6.10 Å². The van der Waals surface area contributed by atoms with E-state index in [0.717, 1.165) is 19.4 Å². The van der Waals surface area contributed by atoms with E-state index < -0.39 is 12.1 Å². The highest BCUT2D eigenvalue weighted by Crippen LogP contribution is 2.14. The third kappa shape index (κ3) is 2.19. The van der Waals surface area contributed by atoms with E-state index >= 15 is 0 Å². The Morgan fingerprint density at radius 1 is 1.75 bits per heavy atom. The molecule has 0 radical (unpaired) electrons. The molecule has 12 heavy (non-hydrogen) atoms. The monoisotopic (exact) mass is 173 g/mol. The van der Waals surface area contributed by atoms with E-state index in [1.54, 1.807) is 0 Å². The molecule has 4 nitrogen and oxygen atoms in total. The van der Waals surface area contributed by atoms with Crippen molar-refractivity contribution in [1.29, 1.82) is 0 Å². The van der Waals surface area contributed by atoms with Crippen LogP contribution in [0.25, 0.3) is 0 Å². The van der Waals surface area contributed by atoms with E-state index in [1.165, 1.54) is 7.11 Å². The number of methoxy groups -OCH3 is 1. The first kappa shape index (κ1) is 9.48. The summed E-state index contributed by atoms with van der Waals surface area (Å²) in [7, 11) is 1.29. The van der Waals surface area contributed by atoms with Crippen molar-refractivity contribution in [3.63, 3.8) is 0 Å². The second-order valence-corrected chi connectivity index (χ2v) is 3.07. The van der Waals surface area contributed by atoms with Crippen LogP contribution < -0.4 is 5.32 Å². The minimum Gasteiger partial charge on any atom is -0.467 e. The highest BCUT2D eigenvalue weighted by atomic mass is 16.5. The normalized spacial score (nSPS) is 26.3. The molecule has 0 amide bonds. The van der Waals surface area contributed by atoms with Crippen molar-refractivity contribution in [2.75, 3.05) is 20.2 Å². The summed E-state index contributed by atoms with van der Waals surface area (Å²) in [5, 5.41) is 12.6. The molecule has 1 heterocycles. The van der Waals surface area contributed by atoms with Gasteiger partial charge in [0.05, 0.1) is 7.11 Å². The number of carbonyl (C=O) groups is 1. The standard InChI is InChI=1S/C8H15NO3/c1-12-8(11)7(10)6-3-2-4-9-5-6/h6-7,9-10H,2-5H2,1H3/t6-,7-/m1/s1. The molecular formula is C8H15NO3. The lowest BCUT2D eigenvalue weighted by Gasteiger charge is -2.25. The van der Waals surface area contributed by atoms with E-state index in [2.05, 4.69) is 10.1 Å². The summed E-state index contributed by atoms with van der Waals surface area (Å²) in [6.45, 7) is 1.68. The Hall–Kier alpha value is -0.610. The van der Waals surface area contributed by atoms with Crippen LogP contribution >= 0.6 is 0 Å². The molecule has 0 aliphatic carbocycles. The van der Waals surface area contributed by atoms with Gasteiger partial charge in [0.1, 0.15) is 0 Å². The number of piperidine rings is 1. The maximum atomic E-state index is 10.9. The minimum absolute atomic E-state index is 0.0196. The van der Waals surface area contributed by atoms with Crippen LogP contribution in [0.5, 0.6) is 0 Å². The van der Waals surface area contributed by atoms with Crippen LogP contribution in [-0.2, 0) is 9.53 Å². The van der Waals surface area contributed by atoms with Crippen LogP contribution in [-0.4, -0.2) is 37.4 Å². The molecule has 0 aromatic carbocycles. The molecule has 4 heteroatoms. The molecule has 1 saturated heterocycles. The number of rotatable bonds is 2. The first-order chi connectivity index (χ1) is 5.75. The highest BCUT2D eigenvalue weighted by molar-refractivity contribution is 5.74. The van der Waals surface area contributed by atoms with E-state index in [9.17, 15) is 9.90 Å². The SMILES string of the molecule is COC(=O)[C@H](O)[C@@H]1CCCNC1. The van der Waals surface area contributed by atoms with Crippen molar-refractivity contribution < 1.29 is 14.6 Å². The second kappa shape index (κ2) is 4.42. The van der Waals surface area contributed by atoms with Gasteiger partial charge in [0.25, 0.3) is 0 Å². The molecule has 0 saturated carbocycles. The fraction of sp³-hybridized carbons (Fsp3) is 0.875. The predicted molar refractivity (Wildman–Crippen MR) is 43.6 cm³/mol. The average molecular weight is 173 g/mol. The lowest BCUT2D eigenvalue weighted by atomic mass is 9.94. The van der Waals surface area contributed by atoms with Crippen molar-refractivity contribution in [3.05, 3.63) is 0 Å². The molecule has 0 unspecified atom stereocenters. The molecule has 1 aliphatic heterocycles. The largest absolute Gasteiger partial charge is 0.467 e. The fourth-order valence-corrected chi connectivity index (χ4v) is 1.46. The number of nitrogens with one attached hydrogen (secondary N) is 1. The maximum Gasteiger partial charge on any atom is 0.335 e. The number of esters is 1. The minimum atomic E-state index is -0.956. The predicted octanol–water partition coefficient (Wildman–Crippen LogP) is -0.480. The van der Waals surface area contributed by atoms with Crippen LogP contribution in [0.3, 0.4) is 0 Å². The van der Waals surface area contributed by atoms with Gasteiger partial charge in [-0.25, -0.2) is 4.79 Å². The van der Waals surface area contributed by atoms with Crippen LogP contribution in [0, 0.1) is 5.92 Å². The molecule has 1 fully saturated rings. The number of hydrogen-bond acceptors (Lipinski definition) is 4. The first-order valence-electron chi connectivity index (χ1n) is 4.22. The number of ether oxygens (including phenoxy) is 1. The smallest absolute Gasteiger partial charge is 0.335 e. The van der Waals surface area contributed by atoms with Gasteiger partial charge >= 0.3 is 5.97 Å². The summed E-state index contributed by atoms with van der Waals surface area (Å²) in [5.74, 6) is -0.505. The topological polar surface area (TPSA) is 58.6 Å². The van der Waals surface area contributed by atoms with Gasteiger partial charge in [0, 0.05) is 12.5 Å². The zero-order valence-corrected chi connectivity index (χ0v) is 7.25. The number of aliphatic hydroxyl groups is 1. The molecule has 0 aromatic rings. The quantitative estimate of drug-likeness (QED) is 0.554. The average Bonchev–Trinajstić information content (AvgIpc) is 2.17. The molecule has 1 rings (SSSR count). The molecule has 0 bridgehead atoms. The maximum absolute atomic E-state index is 10.9. The van der Waals surface area contributed by atoms with Gasteiger partial charge in [-0.05, 0) is 19.4 Å². The number of aliphatic hydroxyl groups excluding tert-OH is 1. The van der Waals surface area contributed by atoms with Crippen molar-refractivity contribution in [1.82, 2.24) is 5.32 Å². The van der Waals surface area contributed by atoms with Gasteiger partial charge in [-0.1, -0.05) is 0 Å². The molecule has 0 spiro atoms. The fourth-order valence-electron chi connectivity index (χ4n) is 1.46. The molecule has 2 atom stereocenters. The second-order valence-electron chi connectivity index (χ2n) is 3.07. The summed E-state index contributed by atoms with van der Waals surface area (Å²) in [5.41, 5.74) is 0. The Labute approximate surface area is 71.9 Å². The van der Waals surface area contributed by atoms with Crippen LogP contribution in [0.15, 0.2) is 0 Å². The van der Waals surface area contributed by atoms with Gasteiger partial charge in [-0.15, -0.1) is 0 Å². The van der Waals surface area contributed by atoms with E-state index in [-0.39, 0.29) is 5.92 Å². The van der Waals surface area contributed by atoms with E-state index in [4.69, 9.17) is 0 Å². The van der Waals surface area contributed by atoms with E-state index in [1.807, 2.05) is 0 Å². The molecular weight excluding hydrogens is 158 g/mol. The zero-order chi connectivity index (χ0) is 8.97. The lowest BCUT2D eigenvalue weighted by Crippen LogP contribution is -2.40. The first-order valence-corrected chi connectivity index (χ1v) is 4.22.